The minimum Gasteiger partial charge on any atom is -0.480 e. The number of aliphatic hydroxyl groups excluding tert-OH is 1. The van der Waals surface area contributed by atoms with Gasteiger partial charge in [-0.3, -0.25) is 4.79 Å². The van der Waals surface area contributed by atoms with Crippen LogP contribution < -0.4 is 10.6 Å². The van der Waals surface area contributed by atoms with Crippen LogP contribution in [0.1, 0.15) is 36.9 Å². The summed E-state index contributed by atoms with van der Waals surface area (Å²) in [5.41, 5.74) is 2.38. The van der Waals surface area contributed by atoms with Gasteiger partial charge in [-0.05, 0) is 56.7 Å². The second kappa shape index (κ2) is 8.70. The highest BCUT2D eigenvalue weighted by atomic mass is 16.4. The van der Waals surface area contributed by atoms with Crippen molar-refractivity contribution in [2.75, 3.05) is 25.0 Å². The third-order valence-corrected chi connectivity index (χ3v) is 3.92. The van der Waals surface area contributed by atoms with Gasteiger partial charge in [-0.15, -0.1) is 0 Å². The van der Waals surface area contributed by atoms with E-state index >= 15 is 0 Å². The van der Waals surface area contributed by atoms with Crippen molar-refractivity contribution in [3.63, 3.8) is 0 Å². The number of aliphatic hydroxyl groups is 1. The standard InChI is InChI=1S/C16H25N3O3/c20-11-8-14(16(21)22)17-9-2-1-5-13-7-6-12-4-3-10-18-15(12)19-13/h6-7,14,17,20H,1-5,8-11H2,(H,18,19)(H,21,22). The molecule has 6 heteroatoms. The van der Waals surface area contributed by atoms with E-state index in [1.54, 1.807) is 0 Å². The van der Waals surface area contributed by atoms with Crippen molar-refractivity contribution in [3.8, 4) is 0 Å². The molecule has 1 atom stereocenters. The Kier molecular flexibility index (Phi) is 6.61. The molecule has 1 unspecified atom stereocenters. The third kappa shape index (κ3) is 4.96. The van der Waals surface area contributed by atoms with Gasteiger partial charge >= 0.3 is 5.97 Å². The number of anilines is 1. The highest BCUT2D eigenvalue weighted by Gasteiger charge is 2.15. The summed E-state index contributed by atoms with van der Waals surface area (Å²) < 4.78 is 0. The summed E-state index contributed by atoms with van der Waals surface area (Å²) in [5, 5.41) is 24.1. The van der Waals surface area contributed by atoms with Crippen LogP contribution in [-0.4, -0.2) is 46.9 Å². The molecule has 2 rings (SSSR count). The van der Waals surface area contributed by atoms with Crippen LogP contribution in [0.3, 0.4) is 0 Å². The lowest BCUT2D eigenvalue weighted by Crippen LogP contribution is -2.37. The molecule has 0 spiro atoms. The summed E-state index contributed by atoms with van der Waals surface area (Å²) in [7, 11) is 0. The van der Waals surface area contributed by atoms with Gasteiger partial charge in [0.25, 0.3) is 0 Å². The van der Waals surface area contributed by atoms with Crippen LogP contribution in [0.5, 0.6) is 0 Å². The first kappa shape index (κ1) is 16.7. The molecule has 0 saturated heterocycles. The number of aryl methyl sites for hydroxylation is 2. The van der Waals surface area contributed by atoms with Crippen molar-refractivity contribution in [1.82, 2.24) is 10.3 Å². The molecule has 0 saturated carbocycles. The van der Waals surface area contributed by atoms with Crippen molar-refractivity contribution in [1.29, 1.82) is 0 Å². The Morgan fingerprint density at radius 2 is 2.27 bits per heavy atom. The molecule has 1 aromatic rings. The van der Waals surface area contributed by atoms with Gasteiger partial charge in [-0.1, -0.05) is 6.07 Å². The smallest absolute Gasteiger partial charge is 0.320 e. The average molecular weight is 307 g/mol. The van der Waals surface area contributed by atoms with Crippen molar-refractivity contribution in [2.24, 2.45) is 0 Å². The minimum atomic E-state index is -0.906. The number of hydrogen-bond acceptors (Lipinski definition) is 5. The van der Waals surface area contributed by atoms with E-state index in [-0.39, 0.29) is 13.0 Å². The Labute approximate surface area is 131 Å². The predicted octanol–water partition coefficient (Wildman–Crippen LogP) is 1.19. The lowest BCUT2D eigenvalue weighted by molar-refractivity contribution is -0.139. The van der Waals surface area contributed by atoms with E-state index in [0.29, 0.717) is 6.54 Å². The van der Waals surface area contributed by atoms with Crippen LogP contribution in [-0.2, 0) is 17.6 Å². The molecule has 0 aliphatic carbocycles. The van der Waals surface area contributed by atoms with Gasteiger partial charge in [0, 0.05) is 18.8 Å². The molecule has 0 bridgehead atoms. The molecule has 6 nitrogen and oxygen atoms in total. The van der Waals surface area contributed by atoms with Gasteiger partial charge in [0.05, 0.1) is 0 Å². The molecule has 0 aromatic carbocycles. The van der Waals surface area contributed by atoms with Gasteiger partial charge in [0.1, 0.15) is 11.9 Å². The van der Waals surface area contributed by atoms with E-state index in [1.165, 1.54) is 5.56 Å². The maximum atomic E-state index is 10.9. The second-order valence-electron chi connectivity index (χ2n) is 5.65. The number of rotatable bonds is 9. The summed E-state index contributed by atoms with van der Waals surface area (Å²) in [6.07, 6.45) is 5.26. The molecule has 2 heterocycles. The molecule has 4 N–H and O–H groups in total. The fraction of sp³-hybridized carbons (Fsp3) is 0.625. The van der Waals surface area contributed by atoms with Crippen molar-refractivity contribution in [3.05, 3.63) is 23.4 Å². The summed E-state index contributed by atoms with van der Waals surface area (Å²) in [5.74, 6) is 0.118. The largest absolute Gasteiger partial charge is 0.480 e. The molecule has 22 heavy (non-hydrogen) atoms. The van der Waals surface area contributed by atoms with Crippen LogP contribution in [0.2, 0.25) is 0 Å². The first-order valence-electron chi connectivity index (χ1n) is 8.00. The fourth-order valence-corrected chi connectivity index (χ4v) is 2.66. The monoisotopic (exact) mass is 307 g/mol. The Balaban J connectivity index is 1.69. The predicted molar refractivity (Wildman–Crippen MR) is 85.1 cm³/mol. The first-order chi connectivity index (χ1) is 10.7. The molecule has 1 aliphatic rings. The number of carbonyl (C=O) groups is 1. The molecular formula is C16H25N3O3. The first-order valence-corrected chi connectivity index (χ1v) is 8.00. The zero-order chi connectivity index (χ0) is 15.8. The van der Waals surface area contributed by atoms with E-state index in [4.69, 9.17) is 10.2 Å². The number of nitrogens with zero attached hydrogens (tertiary/aromatic N) is 1. The van der Waals surface area contributed by atoms with Crippen LogP contribution in [0.15, 0.2) is 12.1 Å². The van der Waals surface area contributed by atoms with Crippen LogP contribution in [0.4, 0.5) is 5.82 Å². The molecule has 0 radical (unpaired) electrons. The lowest BCUT2D eigenvalue weighted by atomic mass is 10.1. The number of fused-ring (bicyclic) bond motifs is 1. The summed E-state index contributed by atoms with van der Waals surface area (Å²) in [4.78, 5) is 15.6. The Hall–Kier alpha value is -1.66. The normalized spacial score (nSPS) is 15.0. The van der Waals surface area contributed by atoms with Crippen LogP contribution in [0, 0.1) is 0 Å². The Morgan fingerprint density at radius 3 is 3.05 bits per heavy atom. The number of hydrogen-bond donors (Lipinski definition) is 4. The van der Waals surface area contributed by atoms with E-state index in [9.17, 15) is 4.79 Å². The lowest BCUT2D eigenvalue weighted by Gasteiger charge is -2.17. The second-order valence-corrected chi connectivity index (χ2v) is 5.65. The molecule has 0 fully saturated rings. The Bertz CT molecular complexity index is 494. The van der Waals surface area contributed by atoms with Crippen LogP contribution >= 0.6 is 0 Å². The van der Waals surface area contributed by atoms with Gasteiger partial charge in [0.2, 0.25) is 0 Å². The number of aromatic nitrogens is 1. The van der Waals surface area contributed by atoms with Crippen molar-refractivity contribution >= 4 is 11.8 Å². The van der Waals surface area contributed by atoms with E-state index in [2.05, 4.69) is 27.8 Å². The quantitative estimate of drug-likeness (QED) is 0.512. The van der Waals surface area contributed by atoms with Gasteiger partial charge in [-0.2, -0.15) is 0 Å². The van der Waals surface area contributed by atoms with Gasteiger partial charge < -0.3 is 20.8 Å². The number of carboxylic acid groups (broad SMARTS) is 1. The third-order valence-electron chi connectivity index (χ3n) is 3.92. The highest BCUT2D eigenvalue weighted by molar-refractivity contribution is 5.73. The van der Waals surface area contributed by atoms with E-state index in [0.717, 1.165) is 50.2 Å². The SMILES string of the molecule is O=C(O)C(CCO)NCCCCc1ccc2c(n1)NCCC2. The number of nitrogens with one attached hydrogen (secondary N) is 2. The number of carboxylic acids is 1. The van der Waals surface area contributed by atoms with Gasteiger partial charge in [-0.25, -0.2) is 4.98 Å². The van der Waals surface area contributed by atoms with Crippen molar-refractivity contribution < 1.29 is 15.0 Å². The molecule has 1 aliphatic heterocycles. The average Bonchev–Trinajstić information content (AvgIpc) is 2.53. The maximum absolute atomic E-state index is 10.9. The molecule has 0 amide bonds. The topological polar surface area (TPSA) is 94.5 Å². The minimum absolute atomic E-state index is 0.115. The molecule has 1 aromatic heterocycles. The zero-order valence-corrected chi connectivity index (χ0v) is 12.8. The number of pyridine rings is 1. The maximum Gasteiger partial charge on any atom is 0.320 e. The molecular weight excluding hydrogens is 282 g/mol. The summed E-state index contributed by atoms with van der Waals surface area (Å²) in [6, 6.07) is 3.59. The van der Waals surface area contributed by atoms with Crippen LogP contribution in [0.25, 0.3) is 0 Å². The fourth-order valence-electron chi connectivity index (χ4n) is 2.66. The van der Waals surface area contributed by atoms with E-state index < -0.39 is 12.0 Å². The Morgan fingerprint density at radius 1 is 1.41 bits per heavy atom. The number of aliphatic carboxylic acids is 1. The zero-order valence-electron chi connectivity index (χ0n) is 12.8. The highest BCUT2D eigenvalue weighted by Crippen LogP contribution is 2.20. The van der Waals surface area contributed by atoms with Crippen molar-refractivity contribution in [2.45, 2.75) is 44.6 Å². The summed E-state index contributed by atoms with van der Waals surface area (Å²) in [6.45, 7) is 1.52. The summed E-state index contributed by atoms with van der Waals surface area (Å²) >= 11 is 0. The van der Waals surface area contributed by atoms with Gasteiger partial charge in [0.15, 0.2) is 0 Å². The molecule has 122 valence electrons. The van der Waals surface area contributed by atoms with E-state index in [1.807, 2.05) is 0 Å². The number of unbranched alkanes of at least 4 members (excludes halogenated alkanes) is 1.